The van der Waals surface area contributed by atoms with Gasteiger partial charge in [-0.1, -0.05) is 18.7 Å². The quantitative estimate of drug-likeness (QED) is 0.399. The number of fused-ring (bicyclic) bond motifs is 1. The first-order valence-corrected chi connectivity index (χ1v) is 8.89. The molecule has 0 radical (unpaired) electrons. The van der Waals surface area contributed by atoms with Crippen LogP contribution in [0.15, 0.2) is 34.9 Å². The van der Waals surface area contributed by atoms with Gasteiger partial charge in [-0.05, 0) is 30.0 Å². The number of aryl methyl sites for hydroxylation is 1. The van der Waals surface area contributed by atoms with Crippen LogP contribution in [0.1, 0.15) is 21.5 Å². The largest absolute Gasteiger partial charge is 0.292 e. The number of carbonyl (C=O) groups excluding carboxylic acids is 1. The highest BCUT2D eigenvalue weighted by Gasteiger charge is 2.12. The Labute approximate surface area is 129 Å². The van der Waals surface area contributed by atoms with E-state index in [2.05, 4.69) is 16.9 Å². The van der Waals surface area contributed by atoms with Crippen LogP contribution >= 0.6 is 34.4 Å². The molecule has 3 aromatic rings. The van der Waals surface area contributed by atoms with Crippen LogP contribution in [0, 0.1) is 0 Å². The zero-order valence-electron chi connectivity index (χ0n) is 10.8. The fourth-order valence-corrected chi connectivity index (χ4v) is 4.44. The summed E-state index contributed by atoms with van der Waals surface area (Å²) < 4.78 is 0. The molecule has 0 aromatic carbocycles. The number of thioether (sulfide) groups is 1. The molecule has 0 atom stereocenters. The van der Waals surface area contributed by atoms with Gasteiger partial charge >= 0.3 is 0 Å². The van der Waals surface area contributed by atoms with Crippen molar-refractivity contribution in [1.82, 2.24) is 9.97 Å². The Bertz CT molecular complexity index is 748. The Morgan fingerprint density at radius 3 is 3.00 bits per heavy atom. The van der Waals surface area contributed by atoms with Crippen molar-refractivity contribution >= 4 is 50.4 Å². The van der Waals surface area contributed by atoms with Gasteiger partial charge < -0.3 is 0 Å². The van der Waals surface area contributed by atoms with Gasteiger partial charge in [-0.25, -0.2) is 9.97 Å². The average molecular weight is 320 g/mol. The fraction of sp³-hybridized carbons (Fsp3) is 0.214. The first kappa shape index (κ1) is 13.7. The highest BCUT2D eigenvalue weighted by Crippen LogP contribution is 2.28. The number of hydrogen-bond donors (Lipinski definition) is 0. The van der Waals surface area contributed by atoms with Crippen molar-refractivity contribution in [3.05, 3.63) is 39.7 Å². The van der Waals surface area contributed by atoms with Crippen LogP contribution in [0.2, 0.25) is 0 Å². The maximum absolute atomic E-state index is 12.2. The predicted octanol–water partition coefficient (Wildman–Crippen LogP) is 4.29. The van der Waals surface area contributed by atoms with Gasteiger partial charge in [0.15, 0.2) is 5.78 Å². The summed E-state index contributed by atoms with van der Waals surface area (Å²) in [7, 11) is 0. The second kappa shape index (κ2) is 6.03. The van der Waals surface area contributed by atoms with Gasteiger partial charge in [0, 0.05) is 10.3 Å². The average Bonchev–Trinajstić information content (AvgIpc) is 3.13. The second-order valence-corrected chi connectivity index (χ2v) is 7.18. The molecule has 0 N–H and O–H groups in total. The summed E-state index contributed by atoms with van der Waals surface area (Å²) in [6.07, 6.45) is 2.54. The Kier molecular flexibility index (Phi) is 4.14. The SMILES string of the molecule is CCc1ccc(C(=O)CSc2ncnc3sccc23)s1. The summed E-state index contributed by atoms with van der Waals surface area (Å²) in [5.41, 5.74) is 0. The normalized spacial score (nSPS) is 11.1. The van der Waals surface area contributed by atoms with E-state index < -0.39 is 0 Å². The Morgan fingerprint density at radius 1 is 1.30 bits per heavy atom. The summed E-state index contributed by atoms with van der Waals surface area (Å²) in [5, 5.41) is 3.92. The van der Waals surface area contributed by atoms with Gasteiger partial charge in [0.1, 0.15) is 16.2 Å². The van der Waals surface area contributed by atoms with Crippen LogP contribution in [0.3, 0.4) is 0 Å². The second-order valence-electron chi connectivity index (χ2n) is 4.15. The molecule has 0 unspecified atom stereocenters. The number of carbonyl (C=O) groups is 1. The van der Waals surface area contributed by atoms with E-state index in [0.717, 1.165) is 26.5 Å². The van der Waals surface area contributed by atoms with Gasteiger partial charge in [-0.2, -0.15) is 0 Å². The molecule has 0 aliphatic heterocycles. The van der Waals surface area contributed by atoms with E-state index in [0.29, 0.717) is 5.75 Å². The number of thiophene rings is 2. The zero-order chi connectivity index (χ0) is 13.9. The molecule has 0 fully saturated rings. The van der Waals surface area contributed by atoms with E-state index in [-0.39, 0.29) is 5.78 Å². The molecule has 0 amide bonds. The van der Waals surface area contributed by atoms with Gasteiger partial charge in [0.25, 0.3) is 0 Å². The topological polar surface area (TPSA) is 42.9 Å². The minimum Gasteiger partial charge on any atom is -0.292 e. The number of ketones is 1. The molecule has 0 aliphatic rings. The molecular weight excluding hydrogens is 308 g/mol. The van der Waals surface area contributed by atoms with E-state index in [1.165, 1.54) is 16.6 Å². The van der Waals surface area contributed by atoms with E-state index in [1.807, 2.05) is 23.6 Å². The van der Waals surface area contributed by atoms with Gasteiger partial charge in [0.2, 0.25) is 0 Å². The van der Waals surface area contributed by atoms with Gasteiger partial charge in [-0.3, -0.25) is 4.79 Å². The van der Waals surface area contributed by atoms with Crippen molar-refractivity contribution < 1.29 is 4.79 Å². The van der Waals surface area contributed by atoms with Crippen molar-refractivity contribution in [3.63, 3.8) is 0 Å². The lowest BCUT2D eigenvalue weighted by molar-refractivity contribution is 0.102. The lowest BCUT2D eigenvalue weighted by Crippen LogP contribution is -1.99. The number of rotatable bonds is 5. The standard InChI is InChI=1S/C14H12N2OS3/c1-2-9-3-4-12(20-9)11(17)7-19-14-10-5-6-18-13(10)15-8-16-14/h3-6,8H,2,7H2,1H3. The lowest BCUT2D eigenvalue weighted by atomic mass is 10.3. The molecular formula is C14H12N2OS3. The van der Waals surface area contributed by atoms with Crippen molar-refractivity contribution in [1.29, 1.82) is 0 Å². The van der Waals surface area contributed by atoms with Crippen LogP contribution in [0.25, 0.3) is 10.2 Å². The molecule has 0 spiro atoms. The highest BCUT2D eigenvalue weighted by atomic mass is 32.2. The van der Waals surface area contributed by atoms with E-state index in [9.17, 15) is 4.79 Å². The summed E-state index contributed by atoms with van der Waals surface area (Å²) in [6.45, 7) is 2.10. The first-order valence-electron chi connectivity index (χ1n) is 6.21. The Hall–Kier alpha value is -1.24. The van der Waals surface area contributed by atoms with E-state index in [1.54, 1.807) is 29.0 Å². The Morgan fingerprint density at radius 2 is 2.20 bits per heavy atom. The van der Waals surface area contributed by atoms with Crippen molar-refractivity contribution in [2.24, 2.45) is 0 Å². The van der Waals surface area contributed by atoms with Crippen LogP contribution < -0.4 is 0 Å². The Balaban J connectivity index is 1.73. The number of hydrogen-bond acceptors (Lipinski definition) is 6. The van der Waals surface area contributed by atoms with E-state index in [4.69, 9.17) is 0 Å². The third-order valence-electron chi connectivity index (χ3n) is 2.85. The number of aromatic nitrogens is 2. The first-order chi connectivity index (χ1) is 9.78. The number of Topliss-reactive ketones (excluding diaryl/α,β-unsaturated/α-hetero) is 1. The van der Waals surface area contributed by atoms with Gasteiger partial charge in [-0.15, -0.1) is 22.7 Å². The monoisotopic (exact) mass is 320 g/mol. The summed E-state index contributed by atoms with van der Waals surface area (Å²) >= 11 is 4.67. The van der Waals surface area contributed by atoms with Crippen LogP contribution in [-0.4, -0.2) is 21.5 Å². The fourth-order valence-electron chi connectivity index (χ4n) is 1.81. The maximum atomic E-state index is 12.2. The molecule has 0 saturated carbocycles. The maximum Gasteiger partial charge on any atom is 0.183 e. The molecule has 3 heterocycles. The minimum absolute atomic E-state index is 0.168. The summed E-state index contributed by atoms with van der Waals surface area (Å²) in [4.78, 5) is 23.7. The van der Waals surface area contributed by atoms with Crippen LogP contribution in [0.4, 0.5) is 0 Å². The number of nitrogens with zero attached hydrogens (tertiary/aromatic N) is 2. The highest BCUT2D eigenvalue weighted by molar-refractivity contribution is 8.00. The third kappa shape index (κ3) is 2.77. The molecule has 3 aromatic heterocycles. The van der Waals surface area contributed by atoms with Crippen LogP contribution in [-0.2, 0) is 6.42 Å². The van der Waals surface area contributed by atoms with Crippen molar-refractivity contribution in [2.75, 3.05) is 5.75 Å². The summed E-state index contributed by atoms with van der Waals surface area (Å²) in [6, 6.07) is 5.96. The molecule has 3 rings (SSSR count). The van der Waals surface area contributed by atoms with Crippen molar-refractivity contribution in [2.45, 2.75) is 18.4 Å². The molecule has 0 saturated heterocycles. The van der Waals surface area contributed by atoms with Crippen molar-refractivity contribution in [3.8, 4) is 0 Å². The molecule has 6 heteroatoms. The minimum atomic E-state index is 0.168. The molecule has 0 aliphatic carbocycles. The lowest BCUT2D eigenvalue weighted by Gasteiger charge is -2.00. The smallest absolute Gasteiger partial charge is 0.183 e. The molecule has 20 heavy (non-hydrogen) atoms. The van der Waals surface area contributed by atoms with Gasteiger partial charge in [0.05, 0.1) is 10.6 Å². The third-order valence-corrected chi connectivity index (χ3v) is 5.95. The zero-order valence-corrected chi connectivity index (χ0v) is 13.3. The molecule has 0 bridgehead atoms. The molecule has 3 nitrogen and oxygen atoms in total. The summed E-state index contributed by atoms with van der Waals surface area (Å²) in [5.74, 6) is 0.590. The predicted molar refractivity (Wildman–Crippen MR) is 86.2 cm³/mol. The molecule has 102 valence electrons. The van der Waals surface area contributed by atoms with Crippen LogP contribution in [0.5, 0.6) is 0 Å². The van der Waals surface area contributed by atoms with E-state index >= 15 is 0 Å².